The number of aryl methyl sites for hydroxylation is 1. The molecular formula is C29H30F7NO3S. The van der Waals surface area contributed by atoms with E-state index in [0.717, 1.165) is 18.2 Å². The molecule has 0 saturated carbocycles. The maximum absolute atomic E-state index is 14.9. The molecule has 0 bridgehead atoms. The number of hydrogen-bond donors (Lipinski definition) is 0. The van der Waals surface area contributed by atoms with Gasteiger partial charge in [-0.1, -0.05) is 30.3 Å². The van der Waals surface area contributed by atoms with Gasteiger partial charge in [0.1, 0.15) is 9.84 Å². The Kier molecular flexibility index (Phi) is 7.27. The summed E-state index contributed by atoms with van der Waals surface area (Å²) in [5.74, 6) is -0.799. The van der Waals surface area contributed by atoms with Crippen LogP contribution < -0.4 is 0 Å². The van der Waals surface area contributed by atoms with Crippen molar-refractivity contribution >= 4 is 15.7 Å². The van der Waals surface area contributed by atoms with E-state index in [1.54, 1.807) is 4.90 Å². The van der Waals surface area contributed by atoms with Crippen LogP contribution >= 0.6 is 0 Å². The molecule has 2 aromatic rings. The van der Waals surface area contributed by atoms with Gasteiger partial charge in [0.2, 0.25) is 11.6 Å². The largest absolute Gasteiger partial charge is 0.426 e. The monoisotopic (exact) mass is 605 g/mol. The quantitative estimate of drug-likeness (QED) is 0.385. The number of halogens is 7. The number of hydrogen-bond acceptors (Lipinski definition) is 3. The summed E-state index contributed by atoms with van der Waals surface area (Å²) in [4.78, 5) is 15.4. The van der Waals surface area contributed by atoms with Crippen LogP contribution in [-0.4, -0.2) is 49.5 Å². The number of carbonyl (C=O) groups excluding carboxylic acids is 1. The highest BCUT2D eigenvalue weighted by molar-refractivity contribution is 7.91. The van der Waals surface area contributed by atoms with Gasteiger partial charge in [-0.25, -0.2) is 12.8 Å². The molecule has 5 rings (SSSR count). The molecule has 0 N–H and O–H groups in total. The van der Waals surface area contributed by atoms with Crippen LogP contribution in [0.5, 0.6) is 0 Å². The number of benzene rings is 2. The van der Waals surface area contributed by atoms with E-state index in [2.05, 4.69) is 0 Å². The number of fused-ring (bicyclic) bond motifs is 3. The minimum Gasteiger partial charge on any atom is -0.339 e. The third kappa shape index (κ3) is 5.36. The first-order valence-corrected chi connectivity index (χ1v) is 15.3. The van der Waals surface area contributed by atoms with Gasteiger partial charge in [0.25, 0.3) is 0 Å². The molecule has 0 aromatic heterocycles. The van der Waals surface area contributed by atoms with Crippen molar-refractivity contribution in [1.82, 2.24) is 4.90 Å². The van der Waals surface area contributed by atoms with Gasteiger partial charge in [-0.2, -0.15) is 26.3 Å². The molecule has 3 atom stereocenters. The summed E-state index contributed by atoms with van der Waals surface area (Å²) in [6, 6.07) is 8.12. The predicted octanol–water partition coefficient (Wildman–Crippen LogP) is 6.30. The molecule has 4 nitrogen and oxygen atoms in total. The van der Waals surface area contributed by atoms with Gasteiger partial charge >= 0.3 is 12.4 Å². The van der Waals surface area contributed by atoms with Crippen LogP contribution in [0.25, 0.3) is 0 Å². The minimum absolute atomic E-state index is 0.0780. The summed E-state index contributed by atoms with van der Waals surface area (Å²) < 4.78 is 119. The molecule has 1 aliphatic carbocycles. The Labute approximate surface area is 233 Å². The highest BCUT2D eigenvalue weighted by Crippen LogP contribution is 2.51. The molecule has 2 saturated heterocycles. The highest BCUT2D eigenvalue weighted by Gasteiger charge is 2.56. The van der Waals surface area contributed by atoms with E-state index < -0.39 is 56.4 Å². The number of carbonyl (C=O) groups is 1. The van der Waals surface area contributed by atoms with Crippen molar-refractivity contribution in [2.75, 3.05) is 18.1 Å². The Morgan fingerprint density at radius 1 is 0.927 bits per heavy atom. The number of rotatable bonds is 4. The second kappa shape index (κ2) is 9.98. The predicted molar refractivity (Wildman–Crippen MR) is 138 cm³/mol. The van der Waals surface area contributed by atoms with Gasteiger partial charge in [0.05, 0.1) is 17.1 Å². The molecule has 1 amide bonds. The highest BCUT2D eigenvalue weighted by atomic mass is 32.2. The van der Waals surface area contributed by atoms with Crippen LogP contribution in [0.15, 0.2) is 42.5 Å². The fraction of sp³-hybridized carbons (Fsp3) is 0.552. The molecule has 41 heavy (non-hydrogen) atoms. The summed E-state index contributed by atoms with van der Waals surface area (Å²) in [5, 5.41) is 0. The van der Waals surface area contributed by atoms with Crippen molar-refractivity contribution in [3.8, 4) is 0 Å². The smallest absolute Gasteiger partial charge is 0.339 e. The SMILES string of the molecule is CC(F)(c1ccc2c(c1)CCC1N(C(=O)C3CCS(=O)(=O)CC3)CCC21Cc1ccc(C(F)(F)F)cc1)C(F)(F)F. The first-order valence-electron chi connectivity index (χ1n) is 13.5. The van der Waals surface area contributed by atoms with E-state index in [4.69, 9.17) is 0 Å². The lowest BCUT2D eigenvalue weighted by Crippen LogP contribution is -2.51. The summed E-state index contributed by atoms with van der Waals surface area (Å²) in [7, 11) is -3.19. The third-order valence-corrected chi connectivity index (χ3v) is 10.9. The molecule has 0 radical (unpaired) electrons. The molecule has 3 unspecified atom stereocenters. The molecule has 3 aliphatic rings. The molecule has 2 aliphatic heterocycles. The van der Waals surface area contributed by atoms with Gasteiger partial charge in [-0.3, -0.25) is 4.79 Å². The van der Waals surface area contributed by atoms with Gasteiger partial charge in [0.15, 0.2) is 0 Å². The molecule has 2 heterocycles. The first-order chi connectivity index (χ1) is 18.9. The summed E-state index contributed by atoms with van der Waals surface area (Å²) in [5.41, 5.74) is -3.96. The standard InChI is InChI=1S/C29H30F7NO3S/c1-26(30,29(34,35)36)22-7-8-23-20(16-22)4-9-24-27(23,17-18-2-5-21(6-3-18)28(31,32)33)12-13-37(24)25(38)19-10-14-41(39,40)15-11-19/h2-3,5-8,16,19,24H,4,9-15,17H2,1H3. The number of nitrogens with zero attached hydrogens (tertiary/aromatic N) is 1. The number of amides is 1. The molecule has 12 heteroatoms. The maximum atomic E-state index is 14.9. The maximum Gasteiger partial charge on any atom is 0.426 e. The van der Waals surface area contributed by atoms with Gasteiger partial charge in [0, 0.05) is 23.9 Å². The molecular weight excluding hydrogens is 575 g/mol. The summed E-state index contributed by atoms with van der Waals surface area (Å²) in [6.45, 7) is 0.788. The first kappa shape index (κ1) is 29.8. The van der Waals surface area contributed by atoms with E-state index in [-0.39, 0.29) is 36.7 Å². The number of sulfone groups is 1. The van der Waals surface area contributed by atoms with E-state index >= 15 is 0 Å². The molecule has 224 valence electrons. The Morgan fingerprint density at radius 3 is 2.12 bits per heavy atom. The van der Waals surface area contributed by atoms with Crippen molar-refractivity contribution in [3.05, 3.63) is 70.3 Å². The Hall–Kier alpha value is -2.63. The van der Waals surface area contributed by atoms with Crippen LogP contribution in [0.2, 0.25) is 0 Å². The third-order valence-electron chi connectivity index (χ3n) is 9.20. The minimum atomic E-state index is -5.12. The van der Waals surface area contributed by atoms with E-state index in [9.17, 15) is 43.9 Å². The van der Waals surface area contributed by atoms with Crippen LogP contribution in [0.3, 0.4) is 0 Å². The lowest BCUT2D eigenvalue weighted by molar-refractivity contribution is -0.228. The number of alkyl halides is 7. The van der Waals surface area contributed by atoms with E-state index in [1.165, 1.54) is 24.3 Å². The van der Waals surface area contributed by atoms with Crippen molar-refractivity contribution in [2.45, 2.75) is 74.9 Å². The Bertz CT molecular complexity index is 1420. The molecule has 2 aromatic carbocycles. The average molecular weight is 606 g/mol. The van der Waals surface area contributed by atoms with Crippen LogP contribution in [0, 0.1) is 5.92 Å². The lowest BCUT2D eigenvalue weighted by Gasteiger charge is -2.44. The average Bonchev–Trinajstić information content (AvgIpc) is 3.26. The Morgan fingerprint density at radius 2 is 1.54 bits per heavy atom. The van der Waals surface area contributed by atoms with Crippen LogP contribution in [-0.2, 0) is 44.7 Å². The zero-order chi connectivity index (χ0) is 30.0. The van der Waals surface area contributed by atoms with Gasteiger partial charge in [-0.05, 0) is 79.8 Å². The molecule has 2 fully saturated rings. The summed E-state index contributed by atoms with van der Waals surface area (Å²) in [6.07, 6.45) is -7.91. The van der Waals surface area contributed by atoms with Crippen molar-refractivity contribution in [3.63, 3.8) is 0 Å². The van der Waals surface area contributed by atoms with Crippen molar-refractivity contribution < 1.29 is 43.9 Å². The second-order valence-corrected chi connectivity index (χ2v) is 14.0. The lowest BCUT2D eigenvalue weighted by atomic mass is 9.63. The van der Waals surface area contributed by atoms with Crippen molar-refractivity contribution in [2.24, 2.45) is 5.92 Å². The van der Waals surface area contributed by atoms with Gasteiger partial charge in [-0.15, -0.1) is 0 Å². The zero-order valence-electron chi connectivity index (χ0n) is 22.3. The fourth-order valence-electron chi connectivity index (χ4n) is 6.83. The summed E-state index contributed by atoms with van der Waals surface area (Å²) >= 11 is 0. The topological polar surface area (TPSA) is 54.5 Å². The van der Waals surface area contributed by atoms with Crippen molar-refractivity contribution in [1.29, 1.82) is 0 Å². The molecule has 0 spiro atoms. The van der Waals surface area contributed by atoms with E-state index in [0.29, 0.717) is 49.4 Å². The fourth-order valence-corrected chi connectivity index (χ4v) is 8.33. The van der Waals surface area contributed by atoms with Crippen LogP contribution in [0.1, 0.15) is 60.4 Å². The normalized spacial score (nSPS) is 26.2. The van der Waals surface area contributed by atoms with E-state index in [1.807, 2.05) is 0 Å². The van der Waals surface area contributed by atoms with Crippen LogP contribution in [0.4, 0.5) is 30.7 Å². The second-order valence-electron chi connectivity index (χ2n) is 11.7. The van der Waals surface area contributed by atoms with Gasteiger partial charge < -0.3 is 4.90 Å². The number of likely N-dealkylation sites (tertiary alicyclic amines) is 1. The zero-order valence-corrected chi connectivity index (χ0v) is 23.1. The Balaban J connectivity index is 1.53.